The summed E-state index contributed by atoms with van der Waals surface area (Å²) in [7, 11) is 0. The van der Waals surface area contributed by atoms with Crippen molar-refractivity contribution in [1.29, 1.82) is 0 Å². The number of nitrogens with one attached hydrogen (secondary N) is 1. The van der Waals surface area contributed by atoms with Gasteiger partial charge in [-0.25, -0.2) is 4.98 Å². The molecule has 0 bridgehead atoms. The molecule has 1 aromatic heterocycles. The second-order valence-electron chi connectivity index (χ2n) is 6.71. The normalized spacial score (nSPS) is 20.2. The van der Waals surface area contributed by atoms with Gasteiger partial charge < -0.3 is 15.6 Å². The highest BCUT2D eigenvalue weighted by molar-refractivity contribution is 5.97. The summed E-state index contributed by atoms with van der Waals surface area (Å²) in [4.78, 5) is 35.3. The van der Waals surface area contributed by atoms with Crippen LogP contribution in [0.4, 0.5) is 0 Å². The van der Waals surface area contributed by atoms with E-state index >= 15 is 0 Å². The fraction of sp³-hybridized carbons (Fsp3) is 0.471. The van der Waals surface area contributed by atoms with Crippen LogP contribution in [0.25, 0.3) is 11.0 Å². The molecule has 2 fully saturated rings. The fourth-order valence-electron chi connectivity index (χ4n) is 3.65. The van der Waals surface area contributed by atoms with E-state index in [-0.39, 0.29) is 17.7 Å². The van der Waals surface area contributed by atoms with Gasteiger partial charge in [0.2, 0.25) is 5.91 Å². The van der Waals surface area contributed by atoms with Gasteiger partial charge in [-0.1, -0.05) is 0 Å². The smallest absolute Gasteiger partial charge is 0.254 e. The van der Waals surface area contributed by atoms with Gasteiger partial charge in [-0.3, -0.25) is 14.5 Å². The number of carbonyl (C=O) groups is 2. The van der Waals surface area contributed by atoms with Crippen molar-refractivity contribution in [3.8, 4) is 0 Å². The highest BCUT2D eigenvalue weighted by Crippen LogP contribution is 2.24. The summed E-state index contributed by atoms with van der Waals surface area (Å²) in [6.07, 6.45) is 3.29. The molecule has 0 aliphatic carbocycles. The van der Waals surface area contributed by atoms with Gasteiger partial charge in [0.25, 0.3) is 5.91 Å². The molecule has 0 unspecified atom stereocenters. The van der Waals surface area contributed by atoms with Crippen molar-refractivity contribution in [3.05, 3.63) is 30.1 Å². The third kappa shape index (κ3) is 2.65. The van der Waals surface area contributed by atoms with Crippen LogP contribution in [0.15, 0.2) is 24.5 Å². The molecule has 2 aliphatic heterocycles. The summed E-state index contributed by atoms with van der Waals surface area (Å²) in [6, 6.07) is 5.96. The highest BCUT2D eigenvalue weighted by atomic mass is 16.2. The van der Waals surface area contributed by atoms with E-state index in [2.05, 4.69) is 14.9 Å². The molecule has 126 valence electrons. The van der Waals surface area contributed by atoms with Gasteiger partial charge in [-0.05, 0) is 44.1 Å². The lowest BCUT2D eigenvalue weighted by molar-refractivity contribution is -0.123. The molecule has 4 rings (SSSR count). The molecule has 2 amide bonds. The lowest BCUT2D eigenvalue weighted by Gasteiger charge is -2.47. The third-order valence-corrected chi connectivity index (χ3v) is 5.26. The minimum Gasteiger partial charge on any atom is -0.369 e. The number of carbonyl (C=O) groups excluding carboxylic acids is 2. The van der Waals surface area contributed by atoms with E-state index in [9.17, 15) is 9.59 Å². The average molecular weight is 327 g/mol. The molecule has 2 aliphatic rings. The Labute approximate surface area is 139 Å². The molecule has 0 spiro atoms. The van der Waals surface area contributed by atoms with Crippen LogP contribution in [0, 0.1) is 5.92 Å². The molecule has 0 atom stereocenters. The molecular weight excluding hydrogens is 306 g/mol. The minimum atomic E-state index is -0.186. The maximum Gasteiger partial charge on any atom is 0.254 e. The molecule has 3 heterocycles. The van der Waals surface area contributed by atoms with Crippen LogP contribution in [0.3, 0.4) is 0 Å². The number of imidazole rings is 1. The number of hydrogen-bond acceptors (Lipinski definition) is 4. The van der Waals surface area contributed by atoms with Crippen LogP contribution in [-0.4, -0.2) is 63.8 Å². The monoisotopic (exact) mass is 327 g/mol. The van der Waals surface area contributed by atoms with Gasteiger partial charge >= 0.3 is 0 Å². The van der Waals surface area contributed by atoms with Crippen LogP contribution >= 0.6 is 0 Å². The zero-order valence-electron chi connectivity index (χ0n) is 13.4. The van der Waals surface area contributed by atoms with Crippen molar-refractivity contribution in [1.82, 2.24) is 19.8 Å². The van der Waals surface area contributed by atoms with Crippen LogP contribution in [-0.2, 0) is 4.79 Å². The molecular formula is C17H21N5O2. The number of nitrogens with two attached hydrogens (primary N) is 1. The summed E-state index contributed by atoms with van der Waals surface area (Å²) in [5.41, 5.74) is 7.82. The Morgan fingerprint density at radius 3 is 2.67 bits per heavy atom. The van der Waals surface area contributed by atoms with Gasteiger partial charge in [0.1, 0.15) is 0 Å². The van der Waals surface area contributed by atoms with Crippen molar-refractivity contribution in [3.63, 3.8) is 0 Å². The molecule has 3 N–H and O–H groups in total. The number of rotatable bonds is 3. The largest absolute Gasteiger partial charge is 0.369 e. The van der Waals surface area contributed by atoms with Gasteiger partial charge in [-0.2, -0.15) is 0 Å². The molecule has 0 radical (unpaired) electrons. The summed E-state index contributed by atoms with van der Waals surface area (Å²) in [5, 5.41) is 0. The molecule has 2 saturated heterocycles. The summed E-state index contributed by atoms with van der Waals surface area (Å²) >= 11 is 0. The molecule has 0 saturated carbocycles. The van der Waals surface area contributed by atoms with Crippen molar-refractivity contribution >= 4 is 22.8 Å². The van der Waals surface area contributed by atoms with E-state index in [1.54, 1.807) is 6.33 Å². The zero-order chi connectivity index (χ0) is 16.7. The average Bonchev–Trinajstić information content (AvgIpc) is 3.01. The van der Waals surface area contributed by atoms with E-state index in [0.717, 1.165) is 50.1 Å². The predicted octanol–water partition coefficient (Wildman–Crippen LogP) is 0.585. The molecule has 7 heteroatoms. The summed E-state index contributed by atoms with van der Waals surface area (Å²) in [6.45, 7) is 3.28. The van der Waals surface area contributed by atoms with Crippen molar-refractivity contribution in [2.75, 3.05) is 26.2 Å². The Bertz CT molecular complexity index is 772. The quantitative estimate of drug-likeness (QED) is 0.862. The van der Waals surface area contributed by atoms with Gasteiger partial charge in [0.05, 0.1) is 17.4 Å². The first-order valence-corrected chi connectivity index (χ1v) is 8.37. The number of hydrogen-bond donors (Lipinski definition) is 2. The number of aromatic amines is 1. The number of primary amides is 1. The molecule has 2 aromatic rings. The standard InChI is InChI=1S/C17H21N5O2/c18-16(23)11-3-5-21(6-4-11)13-8-22(9-13)17(24)12-1-2-14-15(7-12)20-10-19-14/h1-2,7,10-11,13H,3-6,8-9H2,(H2,18,23)(H,19,20). The summed E-state index contributed by atoms with van der Waals surface area (Å²) in [5.74, 6) is -0.107. The van der Waals surface area contributed by atoms with E-state index in [0.29, 0.717) is 11.6 Å². The highest BCUT2D eigenvalue weighted by Gasteiger charge is 2.37. The van der Waals surface area contributed by atoms with Crippen LogP contribution in [0.2, 0.25) is 0 Å². The maximum atomic E-state index is 12.6. The Morgan fingerprint density at radius 1 is 1.21 bits per heavy atom. The van der Waals surface area contributed by atoms with Gasteiger partial charge in [-0.15, -0.1) is 0 Å². The van der Waals surface area contributed by atoms with Crippen molar-refractivity contribution in [2.24, 2.45) is 11.7 Å². The Hall–Kier alpha value is -2.41. The number of likely N-dealkylation sites (tertiary alicyclic amines) is 2. The zero-order valence-corrected chi connectivity index (χ0v) is 13.4. The minimum absolute atomic E-state index is 0.0141. The number of aromatic nitrogens is 2. The molecule has 1 aromatic carbocycles. The summed E-state index contributed by atoms with van der Waals surface area (Å²) < 4.78 is 0. The third-order valence-electron chi connectivity index (χ3n) is 5.26. The second kappa shape index (κ2) is 5.90. The molecule has 7 nitrogen and oxygen atoms in total. The van der Waals surface area contributed by atoms with Crippen LogP contribution < -0.4 is 5.73 Å². The van der Waals surface area contributed by atoms with Crippen LogP contribution in [0.5, 0.6) is 0 Å². The fourth-order valence-corrected chi connectivity index (χ4v) is 3.65. The van der Waals surface area contributed by atoms with Crippen molar-refractivity contribution < 1.29 is 9.59 Å². The Balaban J connectivity index is 1.34. The first-order chi connectivity index (χ1) is 11.6. The predicted molar refractivity (Wildman–Crippen MR) is 89.3 cm³/mol. The van der Waals surface area contributed by atoms with Crippen LogP contribution in [0.1, 0.15) is 23.2 Å². The van der Waals surface area contributed by atoms with E-state index in [4.69, 9.17) is 5.73 Å². The van der Waals surface area contributed by atoms with E-state index < -0.39 is 0 Å². The number of H-pyrrole nitrogens is 1. The number of piperidine rings is 1. The van der Waals surface area contributed by atoms with Gasteiger partial charge in [0.15, 0.2) is 0 Å². The van der Waals surface area contributed by atoms with E-state index in [1.165, 1.54) is 0 Å². The number of amides is 2. The second-order valence-corrected chi connectivity index (χ2v) is 6.71. The maximum absolute atomic E-state index is 12.6. The Morgan fingerprint density at radius 2 is 1.96 bits per heavy atom. The Kier molecular flexibility index (Phi) is 3.72. The number of fused-ring (bicyclic) bond motifs is 1. The van der Waals surface area contributed by atoms with E-state index in [1.807, 2.05) is 23.1 Å². The molecule has 24 heavy (non-hydrogen) atoms. The number of benzene rings is 1. The lowest BCUT2D eigenvalue weighted by atomic mass is 9.93. The lowest BCUT2D eigenvalue weighted by Crippen LogP contribution is -2.62. The SMILES string of the molecule is NC(=O)C1CCN(C2CN(C(=O)c3ccc4nc[nH]c4c3)C2)CC1. The number of nitrogens with zero attached hydrogens (tertiary/aromatic N) is 3. The first-order valence-electron chi connectivity index (χ1n) is 8.37. The first kappa shape index (κ1) is 15.1. The topological polar surface area (TPSA) is 95.3 Å². The van der Waals surface area contributed by atoms with Gasteiger partial charge in [0, 0.05) is 30.6 Å². The van der Waals surface area contributed by atoms with Crippen molar-refractivity contribution in [2.45, 2.75) is 18.9 Å².